The van der Waals surface area contributed by atoms with E-state index in [0.717, 1.165) is 11.3 Å². The summed E-state index contributed by atoms with van der Waals surface area (Å²) in [4.78, 5) is 41.0. The van der Waals surface area contributed by atoms with Gasteiger partial charge in [-0.2, -0.15) is 0 Å². The first-order chi connectivity index (χ1) is 16.4. The Morgan fingerprint density at radius 3 is 2.65 bits per heavy atom. The Morgan fingerprint density at radius 1 is 1.18 bits per heavy atom. The molecule has 2 aromatic carbocycles. The van der Waals surface area contributed by atoms with E-state index in [0.29, 0.717) is 61.1 Å². The van der Waals surface area contributed by atoms with Crippen molar-refractivity contribution < 1.29 is 14.3 Å². The zero-order chi connectivity index (χ0) is 24.2. The van der Waals surface area contributed by atoms with Crippen molar-refractivity contribution in [3.8, 4) is 5.75 Å². The second-order valence-electron chi connectivity index (χ2n) is 8.72. The van der Waals surface area contributed by atoms with E-state index < -0.39 is 0 Å². The first-order valence-corrected chi connectivity index (χ1v) is 11.6. The number of methoxy groups -OCH3 is 1. The number of anilines is 1. The number of fused-ring (bicyclic) bond motifs is 1. The molecule has 1 aromatic heterocycles. The standard InChI is InChI=1S/C25H31N5O4/c1-15-6-9-17(14-21(15)34-2)28-23(31)16-7-10-18(11-8-16)30-20-5-3-4-19(22(20)29-25(30)33)24(32)27-13-12-26/h3-6,9,14,16,18H,7-8,10-13,26H2,1-2H3,(H,27,32)(H,28,31)(H,29,33). The highest BCUT2D eigenvalue weighted by Gasteiger charge is 2.29. The molecule has 0 radical (unpaired) electrons. The van der Waals surface area contributed by atoms with E-state index in [2.05, 4.69) is 15.6 Å². The summed E-state index contributed by atoms with van der Waals surface area (Å²) in [7, 11) is 1.61. The van der Waals surface area contributed by atoms with Crippen LogP contribution in [-0.4, -0.2) is 41.6 Å². The third-order valence-corrected chi connectivity index (χ3v) is 6.54. The number of hydrogen-bond acceptors (Lipinski definition) is 5. The van der Waals surface area contributed by atoms with Gasteiger partial charge in [0.05, 0.1) is 23.7 Å². The monoisotopic (exact) mass is 465 g/mol. The summed E-state index contributed by atoms with van der Waals surface area (Å²) < 4.78 is 7.07. The molecule has 2 amide bonds. The van der Waals surface area contributed by atoms with Gasteiger partial charge in [-0.15, -0.1) is 0 Å². The summed E-state index contributed by atoms with van der Waals surface area (Å²) in [6, 6.07) is 10.9. The van der Waals surface area contributed by atoms with Crippen molar-refractivity contribution in [3.05, 3.63) is 58.0 Å². The molecule has 0 saturated heterocycles. The lowest BCUT2D eigenvalue weighted by molar-refractivity contribution is -0.121. The van der Waals surface area contributed by atoms with Crippen LogP contribution in [0.2, 0.25) is 0 Å². The van der Waals surface area contributed by atoms with Crippen molar-refractivity contribution >= 4 is 28.5 Å². The largest absolute Gasteiger partial charge is 0.496 e. The molecule has 0 atom stereocenters. The van der Waals surface area contributed by atoms with Gasteiger partial charge in [-0.25, -0.2) is 4.79 Å². The zero-order valence-corrected chi connectivity index (χ0v) is 19.5. The fraction of sp³-hybridized carbons (Fsp3) is 0.400. The summed E-state index contributed by atoms with van der Waals surface area (Å²) in [5.74, 6) is 0.324. The normalized spacial score (nSPS) is 18.0. The van der Waals surface area contributed by atoms with Gasteiger partial charge in [0.2, 0.25) is 5.91 Å². The second-order valence-corrected chi connectivity index (χ2v) is 8.72. The van der Waals surface area contributed by atoms with Crippen LogP contribution >= 0.6 is 0 Å². The van der Waals surface area contributed by atoms with Crippen LogP contribution in [0.5, 0.6) is 5.75 Å². The van der Waals surface area contributed by atoms with Crippen molar-refractivity contribution in [2.24, 2.45) is 11.7 Å². The minimum Gasteiger partial charge on any atom is -0.496 e. The molecule has 1 aliphatic rings. The number of ether oxygens (including phenoxy) is 1. The third kappa shape index (κ3) is 4.70. The van der Waals surface area contributed by atoms with Gasteiger partial charge in [0, 0.05) is 36.8 Å². The van der Waals surface area contributed by atoms with E-state index in [4.69, 9.17) is 10.5 Å². The number of rotatable bonds is 7. The molecular formula is C25H31N5O4. The Kier molecular flexibility index (Phi) is 7.02. The van der Waals surface area contributed by atoms with Crippen LogP contribution in [0.4, 0.5) is 5.69 Å². The molecule has 3 aromatic rings. The lowest BCUT2D eigenvalue weighted by Crippen LogP contribution is -2.31. The molecule has 0 unspecified atom stereocenters. The molecule has 1 saturated carbocycles. The van der Waals surface area contributed by atoms with Crippen LogP contribution in [0, 0.1) is 12.8 Å². The summed E-state index contributed by atoms with van der Waals surface area (Å²) in [5, 5.41) is 5.74. The lowest BCUT2D eigenvalue weighted by atomic mass is 9.85. The molecule has 9 nitrogen and oxygen atoms in total. The molecule has 0 spiro atoms. The molecule has 1 fully saturated rings. The SMILES string of the molecule is COc1cc(NC(=O)C2CCC(n3c(=O)[nH]c4c(C(=O)NCCN)cccc43)CC2)ccc1C. The van der Waals surface area contributed by atoms with E-state index in [1.165, 1.54) is 0 Å². The molecular weight excluding hydrogens is 434 g/mol. The van der Waals surface area contributed by atoms with Crippen molar-refractivity contribution in [2.75, 3.05) is 25.5 Å². The maximum absolute atomic E-state index is 12.9. The Morgan fingerprint density at radius 2 is 1.94 bits per heavy atom. The minimum absolute atomic E-state index is 0.0190. The summed E-state index contributed by atoms with van der Waals surface area (Å²) in [5.41, 5.74) is 8.59. The highest BCUT2D eigenvalue weighted by Crippen LogP contribution is 2.34. The van der Waals surface area contributed by atoms with E-state index >= 15 is 0 Å². The first-order valence-electron chi connectivity index (χ1n) is 11.6. The maximum Gasteiger partial charge on any atom is 0.326 e. The molecule has 5 N–H and O–H groups in total. The molecule has 4 rings (SSSR count). The molecule has 0 bridgehead atoms. The Bertz CT molecular complexity index is 1250. The quantitative estimate of drug-likeness (QED) is 0.426. The van der Waals surface area contributed by atoms with E-state index in [-0.39, 0.29) is 29.5 Å². The number of amides is 2. The number of nitrogens with zero attached hydrogens (tertiary/aromatic N) is 1. The first kappa shape index (κ1) is 23.6. The second kappa shape index (κ2) is 10.1. The predicted octanol–water partition coefficient (Wildman–Crippen LogP) is 2.71. The summed E-state index contributed by atoms with van der Waals surface area (Å²) >= 11 is 0. The number of H-pyrrole nitrogens is 1. The average molecular weight is 466 g/mol. The number of para-hydroxylation sites is 1. The van der Waals surface area contributed by atoms with Crippen LogP contribution < -0.4 is 26.8 Å². The van der Waals surface area contributed by atoms with Gasteiger partial charge in [0.1, 0.15) is 5.75 Å². The average Bonchev–Trinajstić information content (AvgIpc) is 3.19. The molecule has 1 heterocycles. The Labute approximate surface area is 197 Å². The number of aromatic nitrogens is 2. The van der Waals surface area contributed by atoms with Crippen molar-refractivity contribution in [3.63, 3.8) is 0 Å². The number of benzene rings is 2. The summed E-state index contributed by atoms with van der Waals surface area (Å²) in [6.45, 7) is 2.66. The molecule has 0 aliphatic heterocycles. The lowest BCUT2D eigenvalue weighted by Gasteiger charge is -2.28. The summed E-state index contributed by atoms with van der Waals surface area (Å²) in [6.07, 6.45) is 2.75. The number of aryl methyl sites for hydroxylation is 1. The van der Waals surface area contributed by atoms with Crippen LogP contribution in [0.1, 0.15) is 47.6 Å². The van der Waals surface area contributed by atoms with Gasteiger partial charge in [-0.05, 0) is 56.4 Å². The van der Waals surface area contributed by atoms with Crippen molar-refractivity contribution in [2.45, 2.75) is 38.6 Å². The van der Waals surface area contributed by atoms with Crippen LogP contribution in [-0.2, 0) is 4.79 Å². The predicted molar refractivity (Wildman–Crippen MR) is 131 cm³/mol. The van der Waals surface area contributed by atoms with Gasteiger partial charge in [-0.1, -0.05) is 12.1 Å². The van der Waals surface area contributed by atoms with Gasteiger partial charge in [-0.3, -0.25) is 14.2 Å². The highest BCUT2D eigenvalue weighted by molar-refractivity contribution is 6.04. The van der Waals surface area contributed by atoms with Crippen molar-refractivity contribution in [1.29, 1.82) is 0 Å². The van der Waals surface area contributed by atoms with E-state index in [1.807, 2.05) is 31.2 Å². The molecule has 1 aliphatic carbocycles. The smallest absolute Gasteiger partial charge is 0.326 e. The Balaban J connectivity index is 1.46. The topological polar surface area (TPSA) is 131 Å². The number of carbonyl (C=O) groups excluding carboxylic acids is 2. The fourth-order valence-corrected chi connectivity index (χ4v) is 4.72. The number of nitrogens with one attached hydrogen (secondary N) is 3. The Hall–Kier alpha value is -3.59. The fourth-order valence-electron chi connectivity index (χ4n) is 4.72. The van der Waals surface area contributed by atoms with Gasteiger partial charge in [0.25, 0.3) is 5.91 Å². The maximum atomic E-state index is 12.9. The van der Waals surface area contributed by atoms with E-state index in [1.54, 1.807) is 23.8 Å². The molecule has 34 heavy (non-hydrogen) atoms. The number of nitrogens with two attached hydrogens (primary N) is 1. The van der Waals surface area contributed by atoms with Gasteiger partial charge < -0.3 is 26.1 Å². The van der Waals surface area contributed by atoms with Gasteiger partial charge >= 0.3 is 5.69 Å². The minimum atomic E-state index is -0.266. The van der Waals surface area contributed by atoms with Crippen LogP contribution in [0.15, 0.2) is 41.2 Å². The van der Waals surface area contributed by atoms with Crippen LogP contribution in [0.3, 0.4) is 0 Å². The number of hydrogen-bond donors (Lipinski definition) is 4. The number of carbonyl (C=O) groups is 2. The third-order valence-electron chi connectivity index (χ3n) is 6.54. The van der Waals surface area contributed by atoms with Crippen LogP contribution in [0.25, 0.3) is 11.0 Å². The highest BCUT2D eigenvalue weighted by atomic mass is 16.5. The van der Waals surface area contributed by atoms with Crippen molar-refractivity contribution in [1.82, 2.24) is 14.9 Å². The molecule has 180 valence electrons. The number of imidazole rings is 1. The van der Waals surface area contributed by atoms with E-state index in [9.17, 15) is 14.4 Å². The number of aromatic amines is 1. The molecule has 9 heteroatoms. The zero-order valence-electron chi connectivity index (χ0n) is 19.5. The van der Waals surface area contributed by atoms with Gasteiger partial charge in [0.15, 0.2) is 0 Å².